The molecule has 238 valence electrons. The lowest BCUT2D eigenvalue weighted by Gasteiger charge is -2.36. The number of aromatic nitrogens is 5. The molecular formula is C33H35FN8O3S. The standard InChI is InChI=1S/C33H35FN8O3S/c1-33(2,3)45-32(44)40-14-12-39(13-15-40)23-8-6-21(7-9-23)22-17-25(34)24-19-42(38-26(24)18-22)29(30(43)37-31-35-10-16-46-31)28-27-5-4-11-41(27)20-36-28/h6-10,16-20,29H,4-5,11-15H2,1-3H3,(H,35,37,43). The fourth-order valence-corrected chi connectivity index (χ4v) is 6.63. The molecule has 0 spiro atoms. The highest BCUT2D eigenvalue weighted by atomic mass is 32.1. The van der Waals surface area contributed by atoms with Crippen LogP contribution in [-0.2, 0) is 22.5 Å². The average Bonchev–Trinajstić information content (AvgIpc) is 3.84. The lowest BCUT2D eigenvalue weighted by molar-refractivity contribution is -0.118. The van der Waals surface area contributed by atoms with E-state index in [4.69, 9.17) is 9.84 Å². The summed E-state index contributed by atoms with van der Waals surface area (Å²) in [5, 5.41) is 10.2. The SMILES string of the molecule is CC(C)(C)OC(=O)N1CCN(c2ccc(-c3cc(F)c4cn(C(C(=O)Nc5nccs5)c5ncn6c5CCC6)nc4c3)cc2)CC1. The number of nitrogens with one attached hydrogen (secondary N) is 1. The summed E-state index contributed by atoms with van der Waals surface area (Å²) < 4.78 is 24.7. The summed E-state index contributed by atoms with van der Waals surface area (Å²) in [7, 11) is 0. The van der Waals surface area contributed by atoms with Gasteiger partial charge in [-0.15, -0.1) is 11.3 Å². The molecule has 0 saturated carbocycles. The van der Waals surface area contributed by atoms with Crippen molar-refractivity contribution in [3.05, 3.63) is 77.7 Å². The molecule has 11 nitrogen and oxygen atoms in total. The number of fused-ring (bicyclic) bond motifs is 2. The first-order valence-electron chi connectivity index (χ1n) is 15.4. The van der Waals surface area contributed by atoms with Crippen LogP contribution in [0.3, 0.4) is 0 Å². The number of imidazole rings is 1. The van der Waals surface area contributed by atoms with Crippen molar-refractivity contribution < 1.29 is 18.7 Å². The van der Waals surface area contributed by atoms with Gasteiger partial charge in [-0.25, -0.2) is 19.2 Å². The molecule has 2 aliphatic rings. The zero-order chi connectivity index (χ0) is 32.0. The van der Waals surface area contributed by atoms with Crippen LogP contribution in [0.25, 0.3) is 22.0 Å². The summed E-state index contributed by atoms with van der Waals surface area (Å²) in [4.78, 5) is 38.8. The predicted molar refractivity (Wildman–Crippen MR) is 175 cm³/mol. The van der Waals surface area contributed by atoms with Gasteiger partial charge < -0.3 is 19.1 Å². The Morgan fingerprint density at radius 3 is 2.52 bits per heavy atom. The van der Waals surface area contributed by atoms with Gasteiger partial charge in [-0.05, 0) is 69.0 Å². The van der Waals surface area contributed by atoms with E-state index in [1.54, 1.807) is 29.0 Å². The van der Waals surface area contributed by atoms with Gasteiger partial charge in [0.25, 0.3) is 5.91 Å². The van der Waals surface area contributed by atoms with Crippen molar-refractivity contribution in [1.82, 2.24) is 29.2 Å². The minimum atomic E-state index is -0.886. The number of aryl methyl sites for hydroxylation is 1. The fourth-order valence-electron chi connectivity index (χ4n) is 6.10. The minimum absolute atomic E-state index is 0.289. The van der Waals surface area contributed by atoms with Gasteiger partial charge in [-0.1, -0.05) is 12.1 Å². The maximum atomic E-state index is 15.6. The van der Waals surface area contributed by atoms with E-state index in [2.05, 4.69) is 24.8 Å². The van der Waals surface area contributed by atoms with Gasteiger partial charge in [-0.3, -0.25) is 14.8 Å². The summed E-state index contributed by atoms with van der Waals surface area (Å²) in [6.45, 7) is 8.98. The van der Waals surface area contributed by atoms with E-state index < -0.39 is 17.5 Å². The molecule has 0 aliphatic carbocycles. The predicted octanol–water partition coefficient (Wildman–Crippen LogP) is 5.73. The van der Waals surface area contributed by atoms with Crippen molar-refractivity contribution in [2.75, 3.05) is 36.4 Å². The Morgan fingerprint density at radius 2 is 1.80 bits per heavy atom. The van der Waals surface area contributed by atoms with Crippen LogP contribution in [-0.4, -0.2) is 73.0 Å². The van der Waals surface area contributed by atoms with Crippen molar-refractivity contribution in [2.24, 2.45) is 0 Å². The van der Waals surface area contributed by atoms with Crippen molar-refractivity contribution in [1.29, 1.82) is 0 Å². The van der Waals surface area contributed by atoms with Crippen molar-refractivity contribution in [3.8, 4) is 11.1 Å². The number of halogens is 1. The summed E-state index contributed by atoms with van der Waals surface area (Å²) in [5.41, 5.74) is 4.08. The van der Waals surface area contributed by atoms with E-state index in [1.165, 1.54) is 22.1 Å². The molecule has 1 N–H and O–H groups in total. The third kappa shape index (κ3) is 5.94. The smallest absolute Gasteiger partial charge is 0.410 e. The maximum Gasteiger partial charge on any atom is 0.410 e. The molecule has 5 aromatic rings. The van der Waals surface area contributed by atoms with Crippen molar-refractivity contribution in [2.45, 2.75) is 51.8 Å². The van der Waals surface area contributed by atoms with Crippen LogP contribution in [0.15, 0.2) is 60.5 Å². The first-order valence-corrected chi connectivity index (χ1v) is 16.3. The topological polar surface area (TPSA) is 110 Å². The van der Waals surface area contributed by atoms with E-state index in [9.17, 15) is 9.59 Å². The Hall–Kier alpha value is -4.78. The largest absolute Gasteiger partial charge is 0.444 e. The van der Waals surface area contributed by atoms with Crippen LogP contribution < -0.4 is 10.2 Å². The third-order valence-corrected chi connectivity index (χ3v) is 9.00. The molecule has 7 rings (SSSR count). The number of nitrogens with zero attached hydrogens (tertiary/aromatic N) is 7. The number of carbonyl (C=O) groups is 2. The first-order chi connectivity index (χ1) is 22.1. The van der Waals surface area contributed by atoms with Gasteiger partial charge in [0.05, 0.1) is 22.9 Å². The Morgan fingerprint density at radius 1 is 1.02 bits per heavy atom. The highest BCUT2D eigenvalue weighted by molar-refractivity contribution is 7.13. The Kier molecular flexibility index (Phi) is 7.71. The molecule has 3 aromatic heterocycles. The van der Waals surface area contributed by atoms with Gasteiger partial charge in [0, 0.05) is 61.9 Å². The van der Waals surface area contributed by atoms with Gasteiger partial charge in [0.2, 0.25) is 0 Å². The number of benzene rings is 2. The molecule has 1 atom stereocenters. The number of thiazole rings is 1. The monoisotopic (exact) mass is 642 g/mol. The Bertz CT molecular complexity index is 1890. The van der Waals surface area contributed by atoms with E-state index in [1.807, 2.05) is 51.1 Å². The highest BCUT2D eigenvalue weighted by Gasteiger charge is 2.32. The number of hydrogen-bond acceptors (Lipinski definition) is 8. The minimum Gasteiger partial charge on any atom is -0.444 e. The number of amides is 2. The quantitative estimate of drug-likeness (QED) is 0.252. The summed E-state index contributed by atoms with van der Waals surface area (Å²) >= 11 is 1.32. The van der Waals surface area contributed by atoms with Gasteiger partial charge >= 0.3 is 6.09 Å². The molecule has 1 saturated heterocycles. The second-order valence-electron chi connectivity index (χ2n) is 12.6. The summed E-state index contributed by atoms with van der Waals surface area (Å²) in [6, 6.07) is 10.4. The molecule has 2 amide bonds. The number of piperazine rings is 1. The zero-order valence-corrected chi connectivity index (χ0v) is 26.8. The van der Waals surface area contributed by atoms with Crippen molar-refractivity contribution >= 4 is 45.1 Å². The lowest BCUT2D eigenvalue weighted by Crippen LogP contribution is -2.50. The number of carbonyl (C=O) groups excluding carboxylic acids is 2. The zero-order valence-electron chi connectivity index (χ0n) is 25.9. The van der Waals surface area contributed by atoms with Crippen LogP contribution >= 0.6 is 11.3 Å². The number of rotatable bonds is 6. The van der Waals surface area contributed by atoms with E-state index >= 15 is 4.39 Å². The third-order valence-electron chi connectivity index (χ3n) is 8.31. The number of anilines is 2. The molecule has 2 aromatic carbocycles. The molecule has 2 aliphatic heterocycles. The van der Waals surface area contributed by atoms with Gasteiger partial charge in [-0.2, -0.15) is 5.10 Å². The molecule has 0 bridgehead atoms. The van der Waals surface area contributed by atoms with Crippen LogP contribution in [0.1, 0.15) is 44.6 Å². The first kappa shape index (κ1) is 29.9. The molecule has 1 unspecified atom stereocenters. The molecule has 0 radical (unpaired) electrons. The van der Waals surface area contributed by atoms with E-state index in [-0.39, 0.29) is 12.0 Å². The van der Waals surface area contributed by atoms with Crippen LogP contribution in [0.5, 0.6) is 0 Å². The fraction of sp³-hybridized carbons (Fsp3) is 0.364. The van der Waals surface area contributed by atoms with E-state index in [0.717, 1.165) is 36.3 Å². The van der Waals surface area contributed by atoms with Crippen LogP contribution in [0.4, 0.5) is 20.0 Å². The highest BCUT2D eigenvalue weighted by Crippen LogP contribution is 2.32. The average molecular weight is 643 g/mol. The lowest BCUT2D eigenvalue weighted by atomic mass is 10.0. The van der Waals surface area contributed by atoms with Crippen LogP contribution in [0, 0.1) is 5.82 Å². The normalized spacial score (nSPS) is 15.7. The maximum absolute atomic E-state index is 15.6. The molecule has 5 heterocycles. The van der Waals surface area contributed by atoms with Crippen molar-refractivity contribution in [3.63, 3.8) is 0 Å². The number of ether oxygens (including phenoxy) is 1. The molecule has 13 heteroatoms. The second kappa shape index (κ2) is 11.9. The molecule has 1 fully saturated rings. The summed E-state index contributed by atoms with van der Waals surface area (Å²) in [5.74, 6) is -0.755. The molecule has 46 heavy (non-hydrogen) atoms. The molecular weight excluding hydrogens is 607 g/mol. The Balaban J connectivity index is 1.12. The number of hydrogen-bond donors (Lipinski definition) is 1. The second-order valence-corrected chi connectivity index (χ2v) is 13.5. The van der Waals surface area contributed by atoms with Crippen LogP contribution in [0.2, 0.25) is 0 Å². The van der Waals surface area contributed by atoms with Gasteiger partial charge in [0.15, 0.2) is 11.2 Å². The van der Waals surface area contributed by atoms with Gasteiger partial charge in [0.1, 0.15) is 11.4 Å². The van der Waals surface area contributed by atoms with E-state index in [0.29, 0.717) is 53.5 Å². The Labute approximate surface area is 269 Å². The summed E-state index contributed by atoms with van der Waals surface area (Å²) in [6.07, 6.45) is 6.47.